The lowest BCUT2D eigenvalue weighted by Crippen LogP contribution is -2.41. The van der Waals surface area contributed by atoms with Crippen molar-refractivity contribution in [3.8, 4) is 0 Å². The number of hydrogen-bond donors (Lipinski definition) is 2. The van der Waals surface area contributed by atoms with Crippen molar-refractivity contribution < 1.29 is 14.7 Å². The van der Waals surface area contributed by atoms with Gasteiger partial charge in [0.1, 0.15) is 12.4 Å². The molecule has 0 radical (unpaired) electrons. The molecule has 1 aromatic heterocycles. The molecule has 0 aliphatic heterocycles. The van der Waals surface area contributed by atoms with Crippen molar-refractivity contribution in [1.82, 2.24) is 19.8 Å². The second-order valence-corrected chi connectivity index (χ2v) is 3.42. The molecule has 1 rings (SSSR count). The van der Waals surface area contributed by atoms with Crippen LogP contribution in [0, 0.1) is 0 Å². The second kappa shape index (κ2) is 5.15. The van der Waals surface area contributed by atoms with Crippen LogP contribution in [0.3, 0.4) is 0 Å². The Hall–Kier alpha value is -2.05. The van der Waals surface area contributed by atoms with E-state index in [1.54, 1.807) is 19.4 Å². The molecule has 0 bridgehead atoms. The molecule has 0 atom stereocenters. The molecule has 1 heterocycles. The van der Waals surface area contributed by atoms with Crippen molar-refractivity contribution >= 4 is 12.0 Å². The van der Waals surface area contributed by atoms with E-state index < -0.39 is 5.97 Å². The molecule has 0 aliphatic rings. The topological polar surface area (TPSA) is 89.5 Å². The van der Waals surface area contributed by atoms with Gasteiger partial charge in [-0.1, -0.05) is 0 Å². The van der Waals surface area contributed by atoms with Crippen LogP contribution in [-0.4, -0.2) is 57.5 Å². The number of amides is 2. The van der Waals surface area contributed by atoms with Gasteiger partial charge in [0.25, 0.3) is 0 Å². The molecule has 2 amide bonds. The Morgan fingerprint density at radius 2 is 2.12 bits per heavy atom. The van der Waals surface area contributed by atoms with Crippen LogP contribution in [0.25, 0.3) is 0 Å². The highest BCUT2D eigenvalue weighted by molar-refractivity contribution is 5.79. The predicted octanol–water partition coefficient (Wildman–Crippen LogP) is -0.0221. The van der Waals surface area contributed by atoms with E-state index in [4.69, 9.17) is 5.11 Å². The number of imidazole rings is 1. The lowest BCUT2D eigenvalue weighted by Gasteiger charge is -2.22. The number of likely N-dealkylation sites (N-methyl/N-ethyl adjacent to an activating group) is 1. The lowest BCUT2D eigenvalue weighted by molar-refractivity contribution is -0.137. The Balaban J connectivity index is 2.50. The lowest BCUT2D eigenvalue weighted by atomic mass is 10.5. The summed E-state index contributed by atoms with van der Waals surface area (Å²) in [5.41, 5.74) is 0. The molecule has 7 heteroatoms. The molecule has 0 fully saturated rings. The van der Waals surface area contributed by atoms with Crippen molar-refractivity contribution in [3.63, 3.8) is 0 Å². The van der Waals surface area contributed by atoms with Gasteiger partial charge in [-0.05, 0) is 0 Å². The van der Waals surface area contributed by atoms with Gasteiger partial charge in [-0.25, -0.2) is 9.78 Å². The van der Waals surface area contributed by atoms with Crippen LogP contribution in [0.2, 0.25) is 0 Å². The maximum Gasteiger partial charge on any atom is 0.323 e. The van der Waals surface area contributed by atoms with Crippen LogP contribution < -0.4 is 0 Å². The Labute approximate surface area is 92.7 Å². The number of aliphatic carboxylic acids is 1. The molecule has 1 aromatic rings. The number of aromatic nitrogens is 2. The summed E-state index contributed by atoms with van der Waals surface area (Å²) in [6.07, 6.45) is 3.25. The third-order valence-corrected chi connectivity index (χ3v) is 1.97. The second-order valence-electron chi connectivity index (χ2n) is 3.42. The van der Waals surface area contributed by atoms with E-state index in [1.807, 2.05) is 0 Å². The summed E-state index contributed by atoms with van der Waals surface area (Å²) in [6.45, 7) is -0.00286. The SMILES string of the molecule is CN(CC(=O)O)C(=O)N(C)Cc1ncc[nH]1. The largest absolute Gasteiger partial charge is 0.480 e. The first kappa shape index (κ1) is 12.0. The number of nitrogens with one attached hydrogen (secondary N) is 1. The number of carbonyl (C=O) groups excluding carboxylic acids is 1. The molecule has 2 N–H and O–H groups in total. The average molecular weight is 226 g/mol. The molecule has 0 aliphatic carbocycles. The minimum Gasteiger partial charge on any atom is -0.480 e. The van der Waals surface area contributed by atoms with E-state index in [0.717, 1.165) is 4.90 Å². The smallest absolute Gasteiger partial charge is 0.323 e. The molecule has 0 aromatic carbocycles. The maximum atomic E-state index is 11.7. The van der Waals surface area contributed by atoms with Crippen molar-refractivity contribution in [2.45, 2.75) is 6.54 Å². The van der Waals surface area contributed by atoms with E-state index in [2.05, 4.69) is 9.97 Å². The third kappa shape index (κ3) is 3.26. The van der Waals surface area contributed by atoms with Gasteiger partial charge < -0.3 is 19.9 Å². The summed E-state index contributed by atoms with van der Waals surface area (Å²) in [7, 11) is 3.03. The maximum absolute atomic E-state index is 11.7. The first-order chi connectivity index (χ1) is 7.50. The zero-order valence-corrected chi connectivity index (χ0v) is 9.17. The van der Waals surface area contributed by atoms with Gasteiger partial charge >= 0.3 is 12.0 Å². The van der Waals surface area contributed by atoms with Crippen LogP contribution in [0.4, 0.5) is 4.79 Å². The molecule has 0 saturated carbocycles. The summed E-state index contributed by atoms with van der Waals surface area (Å²) < 4.78 is 0. The molecular formula is C9H14N4O3. The van der Waals surface area contributed by atoms with Crippen molar-refractivity contribution in [2.75, 3.05) is 20.6 Å². The normalized spacial score (nSPS) is 9.88. The predicted molar refractivity (Wildman–Crippen MR) is 55.7 cm³/mol. The average Bonchev–Trinajstić information content (AvgIpc) is 2.68. The summed E-state index contributed by atoms with van der Waals surface area (Å²) in [5.74, 6) is -0.387. The van der Waals surface area contributed by atoms with Gasteiger partial charge in [0.05, 0.1) is 6.54 Å². The molecule has 7 nitrogen and oxygen atoms in total. The fourth-order valence-corrected chi connectivity index (χ4v) is 1.24. The van der Waals surface area contributed by atoms with Gasteiger partial charge in [0.15, 0.2) is 0 Å². The van der Waals surface area contributed by atoms with E-state index >= 15 is 0 Å². The molecular weight excluding hydrogens is 212 g/mol. The highest BCUT2D eigenvalue weighted by Crippen LogP contribution is 1.99. The van der Waals surface area contributed by atoms with Crippen molar-refractivity contribution in [3.05, 3.63) is 18.2 Å². The zero-order chi connectivity index (χ0) is 12.1. The van der Waals surface area contributed by atoms with Crippen LogP contribution in [-0.2, 0) is 11.3 Å². The Morgan fingerprint density at radius 3 is 2.62 bits per heavy atom. The van der Waals surface area contributed by atoms with Crippen LogP contribution in [0.15, 0.2) is 12.4 Å². The standard InChI is InChI=1S/C9H14N4O3/c1-12(5-7-10-3-4-11-7)9(16)13(2)6-8(14)15/h3-4H,5-6H2,1-2H3,(H,10,11)(H,14,15). The van der Waals surface area contributed by atoms with Crippen molar-refractivity contribution in [2.24, 2.45) is 0 Å². The molecule has 16 heavy (non-hydrogen) atoms. The third-order valence-electron chi connectivity index (χ3n) is 1.97. The van der Waals surface area contributed by atoms with Gasteiger partial charge in [-0.15, -0.1) is 0 Å². The number of rotatable bonds is 4. The van der Waals surface area contributed by atoms with Crippen molar-refractivity contribution in [1.29, 1.82) is 0 Å². The highest BCUT2D eigenvalue weighted by atomic mass is 16.4. The summed E-state index contributed by atoms with van der Waals surface area (Å²) in [4.78, 5) is 31.4. The molecule has 0 spiro atoms. The van der Waals surface area contributed by atoms with Crippen LogP contribution in [0.5, 0.6) is 0 Å². The number of hydrogen-bond acceptors (Lipinski definition) is 3. The monoisotopic (exact) mass is 226 g/mol. The first-order valence-corrected chi connectivity index (χ1v) is 4.67. The number of nitrogens with zero attached hydrogens (tertiary/aromatic N) is 3. The Bertz CT molecular complexity index is 363. The molecule has 0 saturated heterocycles. The summed E-state index contributed by atoms with van der Waals surface area (Å²) >= 11 is 0. The number of urea groups is 1. The van der Waals surface area contributed by atoms with Gasteiger partial charge in [-0.3, -0.25) is 4.79 Å². The number of H-pyrrole nitrogens is 1. The van der Waals surface area contributed by atoms with E-state index in [-0.39, 0.29) is 12.6 Å². The number of aromatic amines is 1. The van der Waals surface area contributed by atoms with Gasteiger partial charge in [-0.2, -0.15) is 0 Å². The molecule has 88 valence electrons. The van der Waals surface area contributed by atoms with Crippen LogP contribution in [0.1, 0.15) is 5.82 Å². The minimum absolute atomic E-state index is 0.315. The summed E-state index contributed by atoms with van der Waals surface area (Å²) in [6, 6.07) is -0.362. The molecule has 0 unspecified atom stereocenters. The number of carboxylic acid groups (broad SMARTS) is 1. The Morgan fingerprint density at radius 1 is 1.44 bits per heavy atom. The minimum atomic E-state index is -1.04. The summed E-state index contributed by atoms with van der Waals surface area (Å²) in [5, 5.41) is 8.54. The number of carbonyl (C=O) groups is 2. The fraction of sp³-hybridized carbons (Fsp3) is 0.444. The number of carboxylic acids is 1. The van der Waals surface area contributed by atoms with Crippen LogP contribution >= 0.6 is 0 Å². The fourth-order valence-electron chi connectivity index (χ4n) is 1.24. The van der Waals surface area contributed by atoms with E-state index in [1.165, 1.54) is 11.9 Å². The Kier molecular flexibility index (Phi) is 3.87. The van der Waals surface area contributed by atoms with Gasteiger partial charge in [0, 0.05) is 26.5 Å². The van der Waals surface area contributed by atoms with E-state index in [9.17, 15) is 9.59 Å². The first-order valence-electron chi connectivity index (χ1n) is 4.67. The van der Waals surface area contributed by atoms with E-state index in [0.29, 0.717) is 12.4 Å². The van der Waals surface area contributed by atoms with Gasteiger partial charge in [0.2, 0.25) is 0 Å². The highest BCUT2D eigenvalue weighted by Gasteiger charge is 2.16. The zero-order valence-electron chi connectivity index (χ0n) is 9.17. The quantitative estimate of drug-likeness (QED) is 0.754.